The van der Waals surface area contributed by atoms with Crippen LogP contribution in [-0.2, 0) is 0 Å². The Hall–Kier alpha value is -6.39. The zero-order chi connectivity index (χ0) is 31.2. The van der Waals surface area contributed by atoms with Crippen LogP contribution in [0.4, 0.5) is 0 Å². The molecule has 7 aromatic carbocycles. The van der Waals surface area contributed by atoms with Gasteiger partial charge in [0.25, 0.3) is 0 Å². The molecule has 0 N–H and O–H groups in total. The fraction of sp³-hybridized carbons (Fsp3) is 0. The zero-order valence-corrected chi connectivity index (χ0v) is 25.3. The Morgan fingerprint density at radius 2 is 0.894 bits per heavy atom. The van der Waals surface area contributed by atoms with E-state index in [1.807, 2.05) is 66.7 Å². The number of hydrogen-bond acceptors (Lipinski definition) is 4. The Balaban J connectivity index is 1.28. The number of fused-ring (bicyclic) bond motifs is 4. The van der Waals surface area contributed by atoms with Crippen molar-refractivity contribution in [2.75, 3.05) is 0 Å². The molecule has 0 spiro atoms. The van der Waals surface area contributed by atoms with Crippen LogP contribution in [0.1, 0.15) is 0 Å². The van der Waals surface area contributed by atoms with Crippen molar-refractivity contribution in [3.05, 3.63) is 164 Å². The number of aromatic nitrogens is 3. The highest BCUT2D eigenvalue weighted by molar-refractivity contribution is 6.16. The van der Waals surface area contributed by atoms with Gasteiger partial charge in [-0.05, 0) is 57.3 Å². The predicted molar refractivity (Wildman–Crippen MR) is 192 cm³/mol. The molecular weight excluding hydrogens is 574 g/mol. The van der Waals surface area contributed by atoms with Crippen molar-refractivity contribution in [3.63, 3.8) is 0 Å². The van der Waals surface area contributed by atoms with Gasteiger partial charge in [0.15, 0.2) is 17.5 Å². The van der Waals surface area contributed by atoms with E-state index in [9.17, 15) is 0 Å². The van der Waals surface area contributed by atoms with Crippen molar-refractivity contribution in [1.82, 2.24) is 15.0 Å². The SMILES string of the molecule is c1ccc(-c2nc(-c3ccccc3)nc(-c3ccc(-c4cccc5oc6cc7ccccc7cc6c45)c(-c4ccccc4)c3)n2)cc1. The van der Waals surface area contributed by atoms with Crippen LogP contribution in [0.2, 0.25) is 0 Å². The summed E-state index contributed by atoms with van der Waals surface area (Å²) in [5, 5.41) is 4.57. The van der Waals surface area contributed by atoms with Crippen LogP contribution in [0.5, 0.6) is 0 Å². The van der Waals surface area contributed by atoms with Crippen LogP contribution in [-0.4, -0.2) is 15.0 Å². The first-order valence-electron chi connectivity index (χ1n) is 15.7. The highest BCUT2D eigenvalue weighted by Gasteiger charge is 2.19. The summed E-state index contributed by atoms with van der Waals surface area (Å²) in [5.41, 5.74) is 8.99. The first kappa shape index (κ1) is 27.0. The zero-order valence-electron chi connectivity index (χ0n) is 25.3. The van der Waals surface area contributed by atoms with Crippen molar-refractivity contribution in [1.29, 1.82) is 0 Å². The van der Waals surface area contributed by atoms with Crippen LogP contribution in [0, 0.1) is 0 Å². The topological polar surface area (TPSA) is 51.8 Å². The molecule has 47 heavy (non-hydrogen) atoms. The lowest BCUT2D eigenvalue weighted by atomic mass is 9.90. The van der Waals surface area contributed by atoms with E-state index in [1.165, 1.54) is 5.39 Å². The van der Waals surface area contributed by atoms with Gasteiger partial charge in [-0.2, -0.15) is 0 Å². The summed E-state index contributed by atoms with van der Waals surface area (Å²) in [6.07, 6.45) is 0. The summed E-state index contributed by atoms with van der Waals surface area (Å²) in [4.78, 5) is 14.9. The maximum absolute atomic E-state index is 6.44. The van der Waals surface area contributed by atoms with Crippen LogP contribution in [0.3, 0.4) is 0 Å². The predicted octanol–water partition coefficient (Wildman–Crippen LogP) is 11.3. The van der Waals surface area contributed by atoms with E-state index in [-0.39, 0.29) is 0 Å². The lowest BCUT2D eigenvalue weighted by molar-refractivity contribution is 0.669. The Bertz CT molecular complexity index is 2500. The van der Waals surface area contributed by atoms with Crippen LogP contribution in [0.25, 0.3) is 89.1 Å². The van der Waals surface area contributed by atoms with Gasteiger partial charge in [-0.15, -0.1) is 0 Å². The molecule has 0 saturated heterocycles. The minimum atomic E-state index is 0.625. The number of rotatable bonds is 5. The fourth-order valence-electron chi connectivity index (χ4n) is 6.45. The summed E-state index contributed by atoms with van der Waals surface area (Å²) < 4.78 is 6.44. The van der Waals surface area contributed by atoms with Crippen molar-refractivity contribution in [2.45, 2.75) is 0 Å². The second-order valence-corrected chi connectivity index (χ2v) is 11.6. The van der Waals surface area contributed by atoms with Gasteiger partial charge in [0.1, 0.15) is 11.2 Å². The Kier molecular flexibility index (Phi) is 6.43. The summed E-state index contributed by atoms with van der Waals surface area (Å²) in [6.45, 7) is 0. The van der Waals surface area contributed by atoms with Crippen molar-refractivity contribution in [2.24, 2.45) is 0 Å². The average Bonchev–Trinajstić information content (AvgIpc) is 3.52. The van der Waals surface area contributed by atoms with E-state index in [0.29, 0.717) is 17.5 Å². The van der Waals surface area contributed by atoms with Crippen molar-refractivity contribution >= 4 is 32.7 Å². The molecule has 0 amide bonds. The van der Waals surface area contributed by atoms with Gasteiger partial charge in [-0.25, -0.2) is 15.0 Å². The number of benzene rings is 7. The molecule has 0 radical (unpaired) electrons. The summed E-state index contributed by atoms with van der Waals surface area (Å²) in [6, 6.07) is 56.3. The highest BCUT2D eigenvalue weighted by Crippen LogP contribution is 2.42. The second kappa shape index (κ2) is 11.2. The van der Waals surface area contributed by atoms with Gasteiger partial charge in [0.2, 0.25) is 0 Å². The molecule has 9 rings (SSSR count). The molecule has 0 saturated carbocycles. The van der Waals surface area contributed by atoms with Crippen LogP contribution < -0.4 is 0 Å². The third-order valence-electron chi connectivity index (χ3n) is 8.72. The van der Waals surface area contributed by atoms with E-state index in [1.54, 1.807) is 0 Å². The first-order valence-corrected chi connectivity index (χ1v) is 15.7. The number of nitrogens with zero attached hydrogens (tertiary/aromatic N) is 3. The second-order valence-electron chi connectivity index (χ2n) is 11.6. The highest BCUT2D eigenvalue weighted by atomic mass is 16.3. The molecule has 9 aromatic rings. The molecule has 2 heterocycles. The third kappa shape index (κ3) is 4.84. The Morgan fingerprint density at radius 1 is 0.340 bits per heavy atom. The van der Waals surface area contributed by atoms with Gasteiger partial charge in [0, 0.05) is 27.5 Å². The monoisotopic (exact) mass is 601 g/mol. The lowest BCUT2D eigenvalue weighted by Crippen LogP contribution is -2.00. The quantitative estimate of drug-likeness (QED) is 0.197. The minimum Gasteiger partial charge on any atom is -0.456 e. The summed E-state index contributed by atoms with van der Waals surface area (Å²) in [7, 11) is 0. The molecule has 4 heteroatoms. The minimum absolute atomic E-state index is 0.625. The maximum Gasteiger partial charge on any atom is 0.164 e. The van der Waals surface area contributed by atoms with Crippen LogP contribution >= 0.6 is 0 Å². The molecule has 0 aliphatic carbocycles. The van der Waals surface area contributed by atoms with Crippen molar-refractivity contribution < 1.29 is 4.42 Å². The van der Waals surface area contributed by atoms with Crippen molar-refractivity contribution in [3.8, 4) is 56.4 Å². The molecule has 0 atom stereocenters. The van der Waals surface area contributed by atoms with Gasteiger partial charge < -0.3 is 4.42 Å². The van der Waals surface area contributed by atoms with Gasteiger partial charge >= 0.3 is 0 Å². The molecule has 0 unspecified atom stereocenters. The molecule has 0 aliphatic heterocycles. The average molecular weight is 602 g/mol. The molecular formula is C43H27N3O. The number of hydrogen-bond donors (Lipinski definition) is 0. The lowest BCUT2D eigenvalue weighted by Gasteiger charge is -2.14. The van der Waals surface area contributed by atoms with E-state index in [0.717, 1.165) is 66.3 Å². The van der Waals surface area contributed by atoms with Gasteiger partial charge in [0.05, 0.1) is 0 Å². The number of furan rings is 1. The first-order chi connectivity index (χ1) is 23.3. The Morgan fingerprint density at radius 3 is 1.53 bits per heavy atom. The molecule has 0 aliphatic rings. The molecule has 0 fully saturated rings. The summed E-state index contributed by atoms with van der Waals surface area (Å²) in [5.74, 6) is 1.91. The van der Waals surface area contributed by atoms with Gasteiger partial charge in [-0.3, -0.25) is 0 Å². The van der Waals surface area contributed by atoms with E-state index < -0.39 is 0 Å². The fourth-order valence-corrected chi connectivity index (χ4v) is 6.45. The maximum atomic E-state index is 6.44. The largest absolute Gasteiger partial charge is 0.456 e. The van der Waals surface area contributed by atoms with Gasteiger partial charge in [-0.1, -0.05) is 140 Å². The molecule has 0 bridgehead atoms. The smallest absolute Gasteiger partial charge is 0.164 e. The normalized spacial score (nSPS) is 11.4. The van der Waals surface area contributed by atoms with E-state index in [4.69, 9.17) is 19.4 Å². The molecule has 2 aromatic heterocycles. The van der Waals surface area contributed by atoms with Crippen LogP contribution in [0.15, 0.2) is 168 Å². The Labute approximate surface area is 271 Å². The summed E-state index contributed by atoms with van der Waals surface area (Å²) >= 11 is 0. The van der Waals surface area contributed by atoms with E-state index in [2.05, 4.69) is 97.1 Å². The molecule has 4 nitrogen and oxygen atoms in total. The standard InChI is InChI=1S/C43H27N3O/c1-4-13-28(14-5-1)36-26-33(43-45-41(29-15-6-2-7-16-29)44-42(46-43)30-17-8-3-9-18-30)23-24-34(36)35-21-12-22-38-40(35)37-25-31-19-10-11-20-32(31)27-39(37)47-38/h1-27H. The van der Waals surface area contributed by atoms with E-state index >= 15 is 0 Å². The molecule has 220 valence electrons. The third-order valence-corrected chi connectivity index (χ3v) is 8.72.